The molecule has 25 heavy (non-hydrogen) atoms. The Morgan fingerprint density at radius 2 is 2.04 bits per heavy atom. The standard InChI is InChI=1S/C18H20N2O5/c1-2-25-17(22)8-7-16(21)20-10-14-12(9-15(20)18(23)24)11-5-3-4-6-13(11)19-14/h3-6,15,19H,2,7-10H2,1H3,(H,23,24). The van der Waals surface area contributed by atoms with E-state index in [4.69, 9.17) is 4.74 Å². The predicted molar refractivity (Wildman–Crippen MR) is 89.8 cm³/mol. The minimum Gasteiger partial charge on any atom is -0.480 e. The number of para-hydroxylation sites is 1. The van der Waals surface area contributed by atoms with Gasteiger partial charge in [-0.2, -0.15) is 0 Å². The number of hydrogen-bond acceptors (Lipinski definition) is 4. The van der Waals surface area contributed by atoms with Crippen LogP contribution in [0.2, 0.25) is 0 Å². The van der Waals surface area contributed by atoms with E-state index < -0.39 is 18.0 Å². The number of H-pyrrole nitrogens is 1. The number of hydrogen-bond donors (Lipinski definition) is 2. The van der Waals surface area contributed by atoms with Gasteiger partial charge in [0.05, 0.1) is 19.6 Å². The van der Waals surface area contributed by atoms with Crippen molar-refractivity contribution in [2.24, 2.45) is 0 Å². The number of rotatable bonds is 5. The van der Waals surface area contributed by atoms with Gasteiger partial charge in [0, 0.05) is 29.4 Å². The molecule has 0 aliphatic carbocycles. The highest BCUT2D eigenvalue weighted by Crippen LogP contribution is 2.30. The molecule has 1 aliphatic heterocycles. The van der Waals surface area contributed by atoms with Crippen LogP contribution in [0.3, 0.4) is 0 Å². The summed E-state index contributed by atoms with van der Waals surface area (Å²) >= 11 is 0. The Labute approximate surface area is 144 Å². The van der Waals surface area contributed by atoms with Crippen LogP contribution in [0.15, 0.2) is 24.3 Å². The molecule has 0 saturated carbocycles. The van der Waals surface area contributed by atoms with Crippen molar-refractivity contribution in [3.05, 3.63) is 35.5 Å². The van der Waals surface area contributed by atoms with Crippen molar-refractivity contribution >= 4 is 28.7 Å². The summed E-state index contributed by atoms with van der Waals surface area (Å²) in [6.07, 6.45) is 0.146. The van der Waals surface area contributed by atoms with Gasteiger partial charge in [0.1, 0.15) is 6.04 Å². The number of fused-ring (bicyclic) bond motifs is 3. The fraction of sp³-hybridized carbons (Fsp3) is 0.389. The monoisotopic (exact) mass is 344 g/mol. The van der Waals surface area contributed by atoms with Gasteiger partial charge in [-0.05, 0) is 18.6 Å². The Balaban J connectivity index is 1.82. The molecular formula is C18H20N2O5. The molecule has 7 nitrogen and oxygen atoms in total. The molecule has 0 spiro atoms. The number of aromatic nitrogens is 1. The van der Waals surface area contributed by atoms with Gasteiger partial charge in [-0.25, -0.2) is 4.79 Å². The van der Waals surface area contributed by atoms with Crippen LogP contribution < -0.4 is 0 Å². The van der Waals surface area contributed by atoms with Crippen molar-refractivity contribution < 1.29 is 24.2 Å². The number of carboxylic acids is 1. The van der Waals surface area contributed by atoms with Gasteiger partial charge in [0.2, 0.25) is 5.91 Å². The minimum absolute atomic E-state index is 0.0466. The number of nitrogens with zero attached hydrogens (tertiary/aromatic N) is 1. The molecule has 1 aromatic heterocycles. The zero-order chi connectivity index (χ0) is 18.0. The largest absolute Gasteiger partial charge is 0.480 e. The fourth-order valence-corrected chi connectivity index (χ4v) is 3.28. The van der Waals surface area contributed by atoms with Crippen molar-refractivity contribution in [2.75, 3.05) is 6.61 Å². The van der Waals surface area contributed by atoms with Gasteiger partial charge < -0.3 is 19.7 Å². The number of benzene rings is 1. The summed E-state index contributed by atoms with van der Waals surface area (Å²) in [5.41, 5.74) is 2.72. The third-order valence-corrected chi connectivity index (χ3v) is 4.46. The van der Waals surface area contributed by atoms with Gasteiger partial charge in [-0.3, -0.25) is 9.59 Å². The summed E-state index contributed by atoms with van der Waals surface area (Å²) in [6, 6.07) is 6.75. The SMILES string of the molecule is CCOC(=O)CCC(=O)N1Cc2[nH]c3ccccc3c2CC1C(=O)O. The highest BCUT2D eigenvalue weighted by molar-refractivity contribution is 5.90. The Morgan fingerprint density at radius 3 is 2.76 bits per heavy atom. The summed E-state index contributed by atoms with van der Waals surface area (Å²) in [6.45, 7) is 2.15. The lowest BCUT2D eigenvalue weighted by Crippen LogP contribution is -2.48. The van der Waals surface area contributed by atoms with Crippen LogP contribution in [-0.4, -0.2) is 45.5 Å². The summed E-state index contributed by atoms with van der Waals surface area (Å²) in [5, 5.41) is 10.5. The molecule has 132 valence electrons. The van der Waals surface area contributed by atoms with Gasteiger partial charge >= 0.3 is 11.9 Å². The van der Waals surface area contributed by atoms with Crippen molar-refractivity contribution in [1.29, 1.82) is 0 Å². The first-order chi connectivity index (χ1) is 12.0. The van der Waals surface area contributed by atoms with E-state index in [1.54, 1.807) is 6.92 Å². The third kappa shape index (κ3) is 3.35. The first kappa shape index (κ1) is 17.0. The average molecular weight is 344 g/mol. The summed E-state index contributed by atoms with van der Waals surface area (Å²) < 4.78 is 4.82. The van der Waals surface area contributed by atoms with E-state index in [9.17, 15) is 19.5 Å². The summed E-state index contributed by atoms with van der Waals surface area (Å²) in [4.78, 5) is 40.2. The zero-order valence-electron chi connectivity index (χ0n) is 13.9. The highest BCUT2D eigenvalue weighted by Gasteiger charge is 2.36. The van der Waals surface area contributed by atoms with E-state index in [2.05, 4.69) is 4.98 Å². The minimum atomic E-state index is -1.04. The summed E-state index contributed by atoms with van der Waals surface area (Å²) in [5.74, 6) is -1.85. The van der Waals surface area contributed by atoms with Gasteiger partial charge in [0.15, 0.2) is 0 Å². The predicted octanol–water partition coefficient (Wildman–Crippen LogP) is 1.85. The lowest BCUT2D eigenvalue weighted by molar-refractivity contribution is -0.152. The van der Waals surface area contributed by atoms with E-state index in [-0.39, 0.29) is 38.3 Å². The second-order valence-corrected chi connectivity index (χ2v) is 6.01. The van der Waals surface area contributed by atoms with E-state index in [1.807, 2.05) is 24.3 Å². The van der Waals surface area contributed by atoms with E-state index in [0.717, 1.165) is 22.2 Å². The molecule has 0 saturated heterocycles. The van der Waals surface area contributed by atoms with Crippen molar-refractivity contribution in [3.8, 4) is 0 Å². The maximum atomic E-state index is 12.5. The molecule has 2 heterocycles. The normalized spacial score (nSPS) is 16.5. The van der Waals surface area contributed by atoms with Crippen LogP contribution in [0.5, 0.6) is 0 Å². The average Bonchev–Trinajstić information content (AvgIpc) is 2.96. The molecule has 0 radical (unpaired) electrons. The van der Waals surface area contributed by atoms with Gasteiger partial charge in [-0.1, -0.05) is 18.2 Å². The van der Waals surface area contributed by atoms with Crippen LogP contribution in [0.4, 0.5) is 0 Å². The molecule has 1 amide bonds. The number of carbonyl (C=O) groups is 3. The maximum Gasteiger partial charge on any atom is 0.326 e. The van der Waals surface area contributed by atoms with Crippen LogP contribution >= 0.6 is 0 Å². The number of aliphatic carboxylic acids is 1. The quantitative estimate of drug-likeness (QED) is 0.807. The van der Waals surface area contributed by atoms with Crippen LogP contribution in [0, 0.1) is 0 Å². The Morgan fingerprint density at radius 1 is 1.28 bits per heavy atom. The van der Waals surface area contributed by atoms with Crippen molar-refractivity contribution in [1.82, 2.24) is 9.88 Å². The maximum absolute atomic E-state index is 12.5. The third-order valence-electron chi connectivity index (χ3n) is 4.46. The van der Waals surface area contributed by atoms with E-state index >= 15 is 0 Å². The summed E-state index contributed by atoms with van der Waals surface area (Å²) in [7, 11) is 0. The van der Waals surface area contributed by atoms with Gasteiger partial charge in [-0.15, -0.1) is 0 Å². The number of amides is 1. The van der Waals surface area contributed by atoms with Gasteiger partial charge in [0.25, 0.3) is 0 Å². The molecule has 7 heteroatoms. The molecule has 3 rings (SSSR count). The van der Waals surface area contributed by atoms with E-state index in [0.29, 0.717) is 0 Å². The molecule has 2 N–H and O–H groups in total. The zero-order valence-corrected chi connectivity index (χ0v) is 13.9. The molecular weight excluding hydrogens is 324 g/mol. The molecule has 1 unspecified atom stereocenters. The molecule has 1 aromatic carbocycles. The van der Waals surface area contributed by atoms with E-state index in [1.165, 1.54) is 4.90 Å². The first-order valence-electron chi connectivity index (χ1n) is 8.27. The Hall–Kier alpha value is -2.83. The van der Waals surface area contributed by atoms with Crippen molar-refractivity contribution in [3.63, 3.8) is 0 Å². The molecule has 1 aliphatic rings. The smallest absolute Gasteiger partial charge is 0.326 e. The first-order valence-corrected chi connectivity index (χ1v) is 8.27. The Kier molecular flexibility index (Phi) is 4.74. The van der Waals surface area contributed by atoms with Crippen LogP contribution in [0.25, 0.3) is 10.9 Å². The molecule has 0 bridgehead atoms. The van der Waals surface area contributed by atoms with Crippen molar-refractivity contribution in [2.45, 2.75) is 38.8 Å². The number of carbonyl (C=O) groups excluding carboxylic acids is 2. The fourth-order valence-electron chi connectivity index (χ4n) is 3.28. The lowest BCUT2D eigenvalue weighted by Gasteiger charge is -2.33. The second kappa shape index (κ2) is 6.96. The number of aromatic amines is 1. The lowest BCUT2D eigenvalue weighted by atomic mass is 9.96. The molecule has 2 aromatic rings. The second-order valence-electron chi connectivity index (χ2n) is 6.01. The Bertz CT molecular complexity index is 826. The topological polar surface area (TPSA) is 99.7 Å². The number of nitrogens with one attached hydrogen (secondary N) is 1. The van der Waals surface area contributed by atoms with Crippen LogP contribution in [0.1, 0.15) is 31.0 Å². The number of ether oxygens (including phenoxy) is 1. The molecule has 0 fully saturated rings. The highest BCUT2D eigenvalue weighted by atomic mass is 16.5. The molecule has 1 atom stereocenters. The number of carboxylic acid groups (broad SMARTS) is 1. The van der Waals surface area contributed by atoms with Crippen LogP contribution in [-0.2, 0) is 32.1 Å². The number of esters is 1.